The van der Waals surface area contributed by atoms with Gasteiger partial charge in [-0.2, -0.15) is 0 Å². The van der Waals surface area contributed by atoms with Gasteiger partial charge in [-0.05, 0) is 19.3 Å². The Labute approximate surface area is 190 Å². The number of rotatable bonds is 7. The molecule has 1 aromatic rings. The smallest absolute Gasteiger partial charge is 0.191 e. The van der Waals surface area contributed by atoms with Crippen molar-refractivity contribution in [1.82, 2.24) is 10.6 Å². The predicted octanol–water partition coefficient (Wildman–Crippen LogP) is 2.80. The van der Waals surface area contributed by atoms with E-state index in [0.717, 1.165) is 75.3 Å². The highest BCUT2D eigenvalue weighted by Gasteiger charge is 2.24. The largest absolute Gasteiger partial charge is 0.497 e. The number of guanidine groups is 1. The zero-order valence-electron chi connectivity index (χ0n) is 17.6. The van der Waals surface area contributed by atoms with Crippen LogP contribution in [-0.2, 0) is 4.74 Å². The summed E-state index contributed by atoms with van der Waals surface area (Å²) >= 11 is 0. The number of ether oxygens (including phenoxy) is 3. The van der Waals surface area contributed by atoms with Crippen LogP contribution in [0, 0.1) is 0 Å². The lowest BCUT2D eigenvalue weighted by Gasteiger charge is -2.22. The molecule has 0 radical (unpaired) electrons. The number of nitrogens with one attached hydrogen (secondary N) is 2. The van der Waals surface area contributed by atoms with E-state index in [-0.39, 0.29) is 24.0 Å². The fourth-order valence-electron chi connectivity index (χ4n) is 3.61. The number of benzene rings is 1. The van der Waals surface area contributed by atoms with E-state index in [1.807, 2.05) is 13.1 Å². The Kier molecular flexibility index (Phi) is 9.86. The molecule has 8 heteroatoms. The third-order valence-electron chi connectivity index (χ3n) is 5.25. The Morgan fingerprint density at radius 3 is 2.62 bits per heavy atom. The molecule has 0 spiro atoms. The van der Waals surface area contributed by atoms with Gasteiger partial charge in [0.25, 0.3) is 0 Å². The molecule has 2 aliphatic rings. The second-order valence-electron chi connectivity index (χ2n) is 7.08. The van der Waals surface area contributed by atoms with Gasteiger partial charge in [0.15, 0.2) is 5.96 Å². The average molecular weight is 516 g/mol. The molecule has 2 heterocycles. The summed E-state index contributed by atoms with van der Waals surface area (Å²) in [6.07, 6.45) is 5.32. The molecule has 1 fully saturated rings. The zero-order chi connectivity index (χ0) is 19.8. The number of nitrogens with zero attached hydrogens (tertiary/aromatic N) is 2. The molecule has 0 saturated carbocycles. The van der Waals surface area contributed by atoms with E-state index < -0.39 is 0 Å². The first-order valence-electron chi connectivity index (χ1n) is 9.92. The highest BCUT2D eigenvalue weighted by molar-refractivity contribution is 14.0. The molecule has 1 aromatic carbocycles. The first-order valence-corrected chi connectivity index (χ1v) is 9.92. The fourth-order valence-corrected chi connectivity index (χ4v) is 3.61. The summed E-state index contributed by atoms with van der Waals surface area (Å²) in [5.74, 6) is 2.49. The van der Waals surface area contributed by atoms with Crippen molar-refractivity contribution < 1.29 is 14.2 Å². The molecule has 2 aliphatic heterocycles. The summed E-state index contributed by atoms with van der Waals surface area (Å²) in [6.45, 7) is 4.37. The lowest BCUT2D eigenvalue weighted by Crippen LogP contribution is -2.45. The second-order valence-corrected chi connectivity index (χ2v) is 7.08. The van der Waals surface area contributed by atoms with Crippen LogP contribution < -0.4 is 25.0 Å². The Morgan fingerprint density at radius 1 is 1.24 bits per heavy atom. The second kappa shape index (κ2) is 12.1. The SMILES string of the molecule is CN=C(NCCC1=CCOCC1)NC1CCN(c2cc(OC)cc(OC)c2)C1.I. The maximum atomic E-state index is 5.40. The van der Waals surface area contributed by atoms with Gasteiger partial charge in [0.2, 0.25) is 0 Å². The van der Waals surface area contributed by atoms with Gasteiger partial charge in [-0.25, -0.2) is 0 Å². The van der Waals surface area contributed by atoms with Gasteiger partial charge in [-0.15, -0.1) is 24.0 Å². The molecule has 1 saturated heterocycles. The van der Waals surface area contributed by atoms with Gasteiger partial charge >= 0.3 is 0 Å². The van der Waals surface area contributed by atoms with Crippen LogP contribution in [0.2, 0.25) is 0 Å². The lowest BCUT2D eigenvalue weighted by atomic mass is 10.1. The molecule has 1 atom stereocenters. The molecule has 7 nitrogen and oxygen atoms in total. The molecule has 0 aliphatic carbocycles. The monoisotopic (exact) mass is 516 g/mol. The average Bonchev–Trinajstić information content (AvgIpc) is 3.22. The van der Waals surface area contributed by atoms with E-state index in [2.05, 4.69) is 38.7 Å². The van der Waals surface area contributed by atoms with Crippen LogP contribution in [0.25, 0.3) is 0 Å². The molecule has 0 aromatic heterocycles. The minimum Gasteiger partial charge on any atom is -0.497 e. The summed E-state index contributed by atoms with van der Waals surface area (Å²) in [4.78, 5) is 6.73. The van der Waals surface area contributed by atoms with Crippen LogP contribution in [0.4, 0.5) is 5.69 Å². The highest BCUT2D eigenvalue weighted by Crippen LogP contribution is 2.30. The van der Waals surface area contributed by atoms with Crippen molar-refractivity contribution in [1.29, 1.82) is 0 Å². The summed E-state index contributed by atoms with van der Waals surface area (Å²) in [5.41, 5.74) is 2.59. The Balaban J connectivity index is 0.00000300. The molecule has 0 amide bonds. The molecule has 29 heavy (non-hydrogen) atoms. The van der Waals surface area contributed by atoms with Gasteiger partial charge < -0.3 is 29.7 Å². The van der Waals surface area contributed by atoms with E-state index >= 15 is 0 Å². The van der Waals surface area contributed by atoms with E-state index in [1.165, 1.54) is 5.57 Å². The summed E-state index contributed by atoms with van der Waals surface area (Å²) < 4.78 is 16.2. The maximum absolute atomic E-state index is 5.40. The van der Waals surface area contributed by atoms with E-state index in [0.29, 0.717) is 6.04 Å². The van der Waals surface area contributed by atoms with Gasteiger partial charge in [0.05, 0.1) is 27.4 Å². The van der Waals surface area contributed by atoms with E-state index in [1.54, 1.807) is 14.2 Å². The normalized spacial score (nSPS) is 19.3. The summed E-state index contributed by atoms with van der Waals surface area (Å²) in [5, 5.41) is 6.98. The van der Waals surface area contributed by atoms with Crippen LogP contribution in [-0.4, -0.2) is 66.1 Å². The van der Waals surface area contributed by atoms with Crippen LogP contribution in [0.15, 0.2) is 34.8 Å². The number of hydrogen-bond donors (Lipinski definition) is 2. The maximum Gasteiger partial charge on any atom is 0.191 e. The van der Waals surface area contributed by atoms with Crippen LogP contribution >= 0.6 is 24.0 Å². The minimum atomic E-state index is 0. The van der Waals surface area contributed by atoms with Crippen molar-refractivity contribution in [3.05, 3.63) is 29.8 Å². The minimum absolute atomic E-state index is 0. The third-order valence-corrected chi connectivity index (χ3v) is 5.25. The molecule has 2 N–H and O–H groups in total. The fraction of sp³-hybridized carbons (Fsp3) is 0.571. The van der Waals surface area contributed by atoms with Crippen molar-refractivity contribution in [3.63, 3.8) is 0 Å². The Morgan fingerprint density at radius 2 is 2.00 bits per heavy atom. The quantitative estimate of drug-likeness (QED) is 0.252. The number of aliphatic imine (C=N–C) groups is 1. The summed E-state index contributed by atoms with van der Waals surface area (Å²) in [6, 6.07) is 6.36. The molecular formula is C21H33IN4O3. The highest BCUT2D eigenvalue weighted by atomic mass is 127. The van der Waals surface area contributed by atoms with Gasteiger partial charge in [0.1, 0.15) is 11.5 Å². The Bertz CT molecular complexity index is 689. The lowest BCUT2D eigenvalue weighted by molar-refractivity contribution is 0.153. The number of halogens is 1. The number of methoxy groups -OCH3 is 2. The van der Waals surface area contributed by atoms with Crippen LogP contribution in [0.3, 0.4) is 0 Å². The first-order chi connectivity index (χ1) is 13.7. The van der Waals surface area contributed by atoms with Gasteiger partial charge in [-0.1, -0.05) is 11.6 Å². The van der Waals surface area contributed by atoms with Crippen molar-refractivity contribution in [2.45, 2.75) is 25.3 Å². The first kappa shape index (κ1) is 23.6. The van der Waals surface area contributed by atoms with Crippen LogP contribution in [0.5, 0.6) is 11.5 Å². The zero-order valence-corrected chi connectivity index (χ0v) is 19.9. The number of anilines is 1. The van der Waals surface area contributed by atoms with Crippen LogP contribution in [0.1, 0.15) is 19.3 Å². The van der Waals surface area contributed by atoms with Crippen molar-refractivity contribution >= 4 is 35.6 Å². The van der Waals surface area contributed by atoms with Crippen molar-refractivity contribution in [2.24, 2.45) is 4.99 Å². The van der Waals surface area contributed by atoms with E-state index in [4.69, 9.17) is 14.2 Å². The molecule has 3 rings (SSSR count). The molecular weight excluding hydrogens is 483 g/mol. The van der Waals surface area contributed by atoms with E-state index in [9.17, 15) is 0 Å². The standard InChI is InChI=1S/C21H32N4O3.HI/c1-22-21(23-8-4-16-6-10-28-11-7-16)24-17-5-9-25(15-17)18-12-19(26-2)14-20(13-18)27-3;/h6,12-14,17H,4-5,7-11,15H2,1-3H3,(H2,22,23,24);1H. The van der Waals surface area contributed by atoms with Gasteiger partial charge in [0, 0.05) is 56.6 Å². The van der Waals surface area contributed by atoms with Crippen molar-refractivity contribution in [3.8, 4) is 11.5 Å². The third kappa shape index (κ3) is 6.95. The number of hydrogen-bond acceptors (Lipinski definition) is 5. The summed E-state index contributed by atoms with van der Waals surface area (Å²) in [7, 11) is 5.18. The molecule has 162 valence electrons. The molecule has 0 bridgehead atoms. The topological polar surface area (TPSA) is 67.4 Å². The molecule has 1 unspecified atom stereocenters. The van der Waals surface area contributed by atoms with Crippen molar-refractivity contribution in [2.75, 3.05) is 59.0 Å². The van der Waals surface area contributed by atoms with Gasteiger partial charge in [-0.3, -0.25) is 4.99 Å². The Hall–Kier alpha value is -1.68. The predicted molar refractivity (Wildman–Crippen MR) is 128 cm³/mol.